The van der Waals surface area contributed by atoms with E-state index < -0.39 is 0 Å². The summed E-state index contributed by atoms with van der Waals surface area (Å²) in [6, 6.07) is 0. The second-order valence-electron chi connectivity index (χ2n) is 2.07. The Morgan fingerprint density at radius 1 is 1.60 bits per heavy atom. The van der Waals surface area contributed by atoms with Crippen LogP contribution in [0.4, 0.5) is 0 Å². The number of hydrogen-bond donors (Lipinski definition) is 1. The van der Waals surface area contributed by atoms with Crippen LogP contribution in [-0.4, -0.2) is 23.2 Å². The van der Waals surface area contributed by atoms with Crippen LogP contribution in [0.15, 0.2) is 0 Å². The van der Waals surface area contributed by atoms with Crippen molar-refractivity contribution in [2.24, 2.45) is 0 Å². The van der Waals surface area contributed by atoms with Gasteiger partial charge in [-0.2, -0.15) is 11.8 Å². The first-order chi connectivity index (χ1) is 4.81. The van der Waals surface area contributed by atoms with Gasteiger partial charge in [0, 0.05) is 6.42 Å². The molecule has 0 aromatic carbocycles. The Hall–Kier alpha value is -0.130. The fourth-order valence-electron chi connectivity index (χ4n) is 0.576. The maximum atomic E-state index is 9.20. The predicted molar refractivity (Wildman–Crippen MR) is 47.1 cm³/mol. The van der Waals surface area contributed by atoms with Gasteiger partial charge in [0.2, 0.25) is 0 Å². The molecule has 10 heavy (non-hydrogen) atoms. The quantitative estimate of drug-likeness (QED) is 0.626. The lowest BCUT2D eigenvalue weighted by Crippen LogP contribution is -2.05. The van der Waals surface area contributed by atoms with Gasteiger partial charge in [-0.1, -0.05) is 0 Å². The fraction of sp³-hybridized carbons (Fsp3) is 0.750. The second kappa shape index (κ2) is 6.98. The van der Waals surface area contributed by atoms with E-state index in [1.807, 2.05) is 6.26 Å². The van der Waals surface area contributed by atoms with E-state index in [2.05, 4.69) is 11.8 Å². The minimum absolute atomic E-state index is 0.222. The van der Waals surface area contributed by atoms with E-state index in [4.69, 9.17) is 0 Å². The summed E-state index contributed by atoms with van der Waals surface area (Å²) in [6.45, 7) is 1.79. The monoisotopic (exact) mass is 158 g/mol. The van der Waals surface area contributed by atoms with Crippen LogP contribution in [-0.2, 0) is 0 Å². The lowest BCUT2D eigenvalue weighted by molar-refractivity contribution is 0.177. The van der Waals surface area contributed by atoms with Gasteiger partial charge in [-0.05, 0) is 25.4 Å². The molecule has 0 aromatic rings. The van der Waals surface area contributed by atoms with Gasteiger partial charge < -0.3 is 5.11 Å². The Bertz CT molecular complexity index is 123. The summed E-state index contributed by atoms with van der Waals surface area (Å²) in [4.78, 5) is 0. The molecule has 0 heterocycles. The highest BCUT2D eigenvalue weighted by molar-refractivity contribution is 7.98. The average Bonchev–Trinajstić information content (AvgIpc) is 1.97. The van der Waals surface area contributed by atoms with Crippen LogP contribution in [0.2, 0.25) is 0 Å². The van der Waals surface area contributed by atoms with E-state index in [9.17, 15) is 5.11 Å². The molecule has 0 spiro atoms. The van der Waals surface area contributed by atoms with Gasteiger partial charge in [0.15, 0.2) is 0 Å². The molecule has 0 aliphatic rings. The van der Waals surface area contributed by atoms with Gasteiger partial charge in [0.25, 0.3) is 0 Å². The smallest absolute Gasteiger partial charge is 0.0657 e. The summed E-state index contributed by atoms with van der Waals surface area (Å²) >= 11 is 1.76. The van der Waals surface area contributed by atoms with Crippen LogP contribution < -0.4 is 0 Å². The van der Waals surface area contributed by atoms with E-state index in [0.717, 1.165) is 12.2 Å². The van der Waals surface area contributed by atoms with E-state index in [-0.39, 0.29) is 6.10 Å². The second-order valence-corrected chi connectivity index (χ2v) is 3.05. The van der Waals surface area contributed by atoms with Gasteiger partial charge in [0.05, 0.1) is 6.10 Å². The first kappa shape index (κ1) is 9.87. The van der Waals surface area contributed by atoms with E-state index >= 15 is 0 Å². The molecule has 0 aliphatic heterocycles. The molecule has 0 aromatic heterocycles. The van der Waals surface area contributed by atoms with Crippen LogP contribution in [0, 0.1) is 11.8 Å². The number of aliphatic hydroxyl groups excluding tert-OH is 1. The highest BCUT2D eigenvalue weighted by Crippen LogP contribution is 2.02. The van der Waals surface area contributed by atoms with Crippen molar-refractivity contribution in [1.82, 2.24) is 0 Å². The third kappa shape index (κ3) is 6.00. The summed E-state index contributed by atoms with van der Waals surface area (Å²) < 4.78 is 0. The molecule has 2 heteroatoms. The molecule has 0 aliphatic carbocycles. The third-order valence-electron chi connectivity index (χ3n) is 1.17. The van der Waals surface area contributed by atoms with Crippen LogP contribution in [0.1, 0.15) is 19.8 Å². The molecule has 1 atom stereocenters. The lowest BCUT2D eigenvalue weighted by Gasteiger charge is -2.03. The molecular formula is C8H14OS. The van der Waals surface area contributed by atoms with Gasteiger partial charge >= 0.3 is 0 Å². The number of hydrogen-bond acceptors (Lipinski definition) is 2. The minimum atomic E-state index is -0.222. The van der Waals surface area contributed by atoms with Crippen LogP contribution >= 0.6 is 11.8 Å². The van der Waals surface area contributed by atoms with Crippen LogP contribution in [0.3, 0.4) is 0 Å². The average molecular weight is 158 g/mol. The summed E-state index contributed by atoms with van der Waals surface area (Å²) in [5.41, 5.74) is 0. The summed E-state index contributed by atoms with van der Waals surface area (Å²) in [6.07, 6.45) is 3.30. The van der Waals surface area contributed by atoms with Gasteiger partial charge in [0.1, 0.15) is 0 Å². The highest BCUT2D eigenvalue weighted by atomic mass is 32.2. The zero-order chi connectivity index (χ0) is 7.82. The maximum Gasteiger partial charge on any atom is 0.0657 e. The highest BCUT2D eigenvalue weighted by Gasteiger charge is 1.99. The van der Waals surface area contributed by atoms with Crippen molar-refractivity contribution in [3.63, 3.8) is 0 Å². The summed E-state index contributed by atoms with van der Waals surface area (Å²) in [5, 5.41) is 9.20. The van der Waals surface area contributed by atoms with E-state index in [1.54, 1.807) is 18.7 Å². The van der Waals surface area contributed by atoms with Crippen LogP contribution in [0.5, 0.6) is 0 Å². The topological polar surface area (TPSA) is 20.2 Å². The Balaban J connectivity index is 3.21. The zero-order valence-electron chi connectivity index (χ0n) is 6.55. The van der Waals surface area contributed by atoms with Crippen molar-refractivity contribution in [2.75, 3.05) is 12.0 Å². The maximum absolute atomic E-state index is 9.20. The zero-order valence-corrected chi connectivity index (χ0v) is 7.37. The Morgan fingerprint density at radius 3 is 2.80 bits per heavy atom. The van der Waals surface area contributed by atoms with Crippen molar-refractivity contribution in [3.8, 4) is 11.8 Å². The van der Waals surface area contributed by atoms with Crippen molar-refractivity contribution in [2.45, 2.75) is 25.9 Å². The minimum Gasteiger partial charge on any atom is -0.392 e. The van der Waals surface area contributed by atoms with Crippen molar-refractivity contribution in [3.05, 3.63) is 0 Å². The van der Waals surface area contributed by atoms with Gasteiger partial charge in [-0.25, -0.2) is 0 Å². The van der Waals surface area contributed by atoms with E-state index in [0.29, 0.717) is 6.42 Å². The SMILES string of the molecule is CC#CCC(O)CCSC. The first-order valence-electron chi connectivity index (χ1n) is 3.38. The Morgan fingerprint density at radius 2 is 2.30 bits per heavy atom. The molecule has 0 bridgehead atoms. The summed E-state index contributed by atoms with van der Waals surface area (Å²) in [7, 11) is 0. The summed E-state index contributed by atoms with van der Waals surface area (Å²) in [5.74, 6) is 6.63. The fourth-order valence-corrected chi connectivity index (χ4v) is 1.08. The number of thioether (sulfide) groups is 1. The largest absolute Gasteiger partial charge is 0.392 e. The van der Waals surface area contributed by atoms with Gasteiger partial charge in [-0.3, -0.25) is 0 Å². The molecule has 0 fully saturated rings. The van der Waals surface area contributed by atoms with Gasteiger partial charge in [-0.15, -0.1) is 11.8 Å². The molecule has 0 amide bonds. The molecule has 58 valence electrons. The number of aliphatic hydroxyl groups is 1. The normalized spacial score (nSPS) is 11.9. The third-order valence-corrected chi connectivity index (χ3v) is 1.81. The van der Waals surface area contributed by atoms with Crippen molar-refractivity contribution >= 4 is 11.8 Å². The van der Waals surface area contributed by atoms with E-state index in [1.165, 1.54) is 0 Å². The lowest BCUT2D eigenvalue weighted by atomic mass is 10.2. The Kier molecular flexibility index (Phi) is 6.89. The first-order valence-corrected chi connectivity index (χ1v) is 4.77. The molecule has 0 saturated heterocycles. The van der Waals surface area contributed by atoms with Crippen molar-refractivity contribution in [1.29, 1.82) is 0 Å². The molecule has 0 rings (SSSR count). The Labute approximate surface area is 67.2 Å². The molecule has 0 saturated carbocycles. The van der Waals surface area contributed by atoms with Crippen LogP contribution in [0.25, 0.3) is 0 Å². The number of rotatable bonds is 4. The molecule has 0 radical (unpaired) electrons. The van der Waals surface area contributed by atoms with Crippen molar-refractivity contribution < 1.29 is 5.11 Å². The molecule has 1 nitrogen and oxygen atoms in total. The molecular weight excluding hydrogens is 144 g/mol. The molecule has 1 N–H and O–H groups in total. The standard InChI is InChI=1S/C8H14OS/c1-3-4-5-8(9)6-7-10-2/h8-9H,5-7H2,1-2H3. The molecule has 1 unspecified atom stereocenters. The predicted octanol–water partition coefficient (Wildman–Crippen LogP) is 1.51.